The predicted octanol–water partition coefficient (Wildman–Crippen LogP) is 5.33. The molecule has 0 saturated carbocycles. The van der Waals surface area contributed by atoms with Crippen LogP contribution >= 0.6 is 0 Å². The van der Waals surface area contributed by atoms with Crippen molar-refractivity contribution < 1.29 is 22.7 Å². The van der Waals surface area contributed by atoms with Gasteiger partial charge in [-0.15, -0.1) is 0 Å². The van der Waals surface area contributed by atoms with Crippen molar-refractivity contribution in [3.8, 4) is 22.8 Å². The number of methoxy groups -OCH3 is 1. The molecule has 4 rings (SSSR count). The maximum Gasteiger partial charge on any atom is 0.277 e. The van der Waals surface area contributed by atoms with Gasteiger partial charge in [0.25, 0.3) is 5.56 Å². The standard InChI is InChI=1S/C29H30FN3O5S/c1-4-6-10-26-32-28(34)27(29(35)33(26)25(5-2)20-8-7-9-23(16-20)38-3)39(36,37)24-13-11-19(12-14-24)21-15-22(30)18-31-17-21/h7-9,11-18,25,34H,4-6,10H2,1-3H3/t25-/m0/s1. The van der Waals surface area contributed by atoms with Crippen LogP contribution in [0.5, 0.6) is 11.6 Å². The van der Waals surface area contributed by atoms with E-state index in [9.17, 15) is 22.7 Å². The summed E-state index contributed by atoms with van der Waals surface area (Å²) < 4.78 is 47.7. The molecule has 10 heteroatoms. The fraction of sp³-hybridized carbons (Fsp3) is 0.276. The van der Waals surface area contributed by atoms with Crippen LogP contribution in [-0.2, 0) is 16.3 Å². The first-order valence-corrected chi connectivity index (χ1v) is 14.1. The predicted molar refractivity (Wildman–Crippen MR) is 145 cm³/mol. The van der Waals surface area contributed by atoms with Crippen LogP contribution in [0, 0.1) is 5.82 Å². The van der Waals surface area contributed by atoms with Crippen molar-refractivity contribution in [1.82, 2.24) is 14.5 Å². The van der Waals surface area contributed by atoms with E-state index in [0.717, 1.165) is 18.2 Å². The monoisotopic (exact) mass is 551 g/mol. The average molecular weight is 552 g/mol. The van der Waals surface area contributed by atoms with Gasteiger partial charge in [0, 0.05) is 18.2 Å². The molecule has 1 atom stereocenters. The lowest BCUT2D eigenvalue weighted by Gasteiger charge is -2.23. The quantitative estimate of drug-likeness (QED) is 0.283. The molecule has 2 aromatic heterocycles. The Morgan fingerprint density at radius 3 is 2.44 bits per heavy atom. The van der Waals surface area contributed by atoms with Crippen molar-refractivity contribution in [3.05, 3.63) is 94.5 Å². The summed E-state index contributed by atoms with van der Waals surface area (Å²) in [7, 11) is -2.92. The van der Waals surface area contributed by atoms with Gasteiger partial charge in [-0.25, -0.2) is 12.8 Å². The van der Waals surface area contributed by atoms with Crippen LogP contribution in [0.2, 0.25) is 0 Å². The number of aromatic hydroxyl groups is 1. The molecule has 0 amide bonds. The molecule has 8 nitrogen and oxygen atoms in total. The molecular weight excluding hydrogens is 521 g/mol. The number of benzene rings is 2. The highest BCUT2D eigenvalue weighted by Crippen LogP contribution is 2.31. The van der Waals surface area contributed by atoms with Crippen LogP contribution < -0.4 is 10.3 Å². The first-order chi connectivity index (χ1) is 18.7. The van der Waals surface area contributed by atoms with Gasteiger partial charge in [-0.2, -0.15) is 4.98 Å². The molecule has 0 saturated heterocycles. The maximum atomic E-state index is 14.0. The molecule has 0 radical (unpaired) electrons. The topological polar surface area (TPSA) is 111 Å². The number of hydrogen-bond donors (Lipinski definition) is 1. The molecule has 0 bridgehead atoms. The number of sulfone groups is 1. The van der Waals surface area contributed by atoms with Crippen LogP contribution in [0.1, 0.15) is 50.5 Å². The normalized spacial score (nSPS) is 12.3. The van der Waals surface area contributed by atoms with Gasteiger partial charge in [-0.1, -0.05) is 44.5 Å². The number of halogens is 1. The highest BCUT2D eigenvalue weighted by molar-refractivity contribution is 7.91. The van der Waals surface area contributed by atoms with Gasteiger partial charge in [0.05, 0.1) is 24.2 Å². The number of pyridine rings is 1. The number of hydrogen-bond acceptors (Lipinski definition) is 7. The second kappa shape index (κ2) is 11.8. The van der Waals surface area contributed by atoms with E-state index in [1.165, 1.54) is 41.1 Å². The minimum atomic E-state index is -4.46. The van der Waals surface area contributed by atoms with Crippen molar-refractivity contribution in [3.63, 3.8) is 0 Å². The Morgan fingerprint density at radius 2 is 1.79 bits per heavy atom. The second-order valence-electron chi connectivity index (χ2n) is 9.08. The zero-order valence-electron chi connectivity index (χ0n) is 22.0. The van der Waals surface area contributed by atoms with Gasteiger partial charge >= 0.3 is 0 Å². The summed E-state index contributed by atoms with van der Waals surface area (Å²) in [6.07, 6.45) is 4.90. The van der Waals surface area contributed by atoms with Crippen molar-refractivity contribution in [2.24, 2.45) is 0 Å². The smallest absolute Gasteiger partial charge is 0.277 e. The first-order valence-electron chi connectivity index (χ1n) is 12.7. The van der Waals surface area contributed by atoms with Crippen LogP contribution in [0.4, 0.5) is 4.39 Å². The second-order valence-corrected chi connectivity index (χ2v) is 11.0. The number of unbranched alkanes of at least 4 members (excludes halogenated alkanes) is 1. The molecule has 0 aliphatic carbocycles. The summed E-state index contributed by atoms with van der Waals surface area (Å²) in [5, 5.41) is 10.8. The minimum absolute atomic E-state index is 0.202. The fourth-order valence-corrected chi connectivity index (χ4v) is 5.89. The molecule has 0 aliphatic rings. The number of rotatable bonds is 10. The van der Waals surface area contributed by atoms with Crippen molar-refractivity contribution >= 4 is 9.84 Å². The average Bonchev–Trinajstić information content (AvgIpc) is 2.93. The van der Waals surface area contributed by atoms with Crippen LogP contribution in [0.15, 0.2) is 81.6 Å². The third-order valence-electron chi connectivity index (χ3n) is 6.53. The molecule has 0 unspecified atom stereocenters. The molecule has 1 N–H and O–H groups in total. The Hall–Kier alpha value is -4.05. The Morgan fingerprint density at radius 1 is 1.05 bits per heavy atom. The highest BCUT2D eigenvalue weighted by Gasteiger charge is 2.31. The Bertz CT molecular complexity index is 1640. The SMILES string of the molecule is CCCCc1nc(O)c(S(=O)(=O)c2ccc(-c3cncc(F)c3)cc2)c(=O)n1[C@@H](CC)c1cccc(OC)c1. The number of nitrogens with zero attached hydrogens (tertiary/aromatic N) is 3. The summed E-state index contributed by atoms with van der Waals surface area (Å²) in [5.74, 6) is -0.448. The Kier molecular flexibility index (Phi) is 8.44. The molecule has 0 aliphatic heterocycles. The molecule has 4 aromatic rings. The van der Waals surface area contributed by atoms with Gasteiger partial charge in [-0.3, -0.25) is 14.3 Å². The molecule has 2 heterocycles. The molecule has 0 spiro atoms. The molecule has 39 heavy (non-hydrogen) atoms. The van der Waals surface area contributed by atoms with E-state index < -0.39 is 38.0 Å². The van der Waals surface area contributed by atoms with Gasteiger partial charge in [0.2, 0.25) is 15.7 Å². The summed E-state index contributed by atoms with van der Waals surface area (Å²) in [6, 6.07) is 13.6. The van der Waals surface area contributed by atoms with E-state index in [4.69, 9.17) is 4.74 Å². The third-order valence-corrected chi connectivity index (χ3v) is 8.32. The lowest BCUT2D eigenvalue weighted by molar-refractivity contribution is 0.402. The van der Waals surface area contributed by atoms with Crippen LogP contribution in [-0.4, -0.2) is 35.2 Å². The Balaban J connectivity index is 1.86. The summed E-state index contributed by atoms with van der Waals surface area (Å²) >= 11 is 0. The third kappa shape index (κ3) is 5.70. The number of aryl methyl sites for hydroxylation is 1. The fourth-order valence-electron chi connectivity index (χ4n) is 4.55. The van der Waals surface area contributed by atoms with E-state index in [0.29, 0.717) is 42.0 Å². The van der Waals surface area contributed by atoms with Crippen LogP contribution in [0.3, 0.4) is 0 Å². The summed E-state index contributed by atoms with van der Waals surface area (Å²) in [5.41, 5.74) is 0.914. The molecule has 0 fully saturated rings. The van der Waals surface area contributed by atoms with Crippen molar-refractivity contribution in [2.75, 3.05) is 7.11 Å². The zero-order valence-corrected chi connectivity index (χ0v) is 22.8. The first kappa shape index (κ1) is 28.0. The maximum absolute atomic E-state index is 14.0. The zero-order chi connectivity index (χ0) is 28.2. The highest BCUT2D eigenvalue weighted by atomic mass is 32.2. The van der Waals surface area contributed by atoms with Crippen LogP contribution in [0.25, 0.3) is 11.1 Å². The van der Waals surface area contributed by atoms with Gasteiger partial charge < -0.3 is 9.84 Å². The molecular formula is C29H30FN3O5S. The van der Waals surface area contributed by atoms with E-state index >= 15 is 0 Å². The lowest BCUT2D eigenvalue weighted by atomic mass is 10.0. The minimum Gasteiger partial charge on any atom is -0.497 e. The Labute approximate surface area is 226 Å². The van der Waals surface area contributed by atoms with E-state index in [2.05, 4.69) is 9.97 Å². The van der Waals surface area contributed by atoms with Gasteiger partial charge in [-0.05, 0) is 54.3 Å². The van der Waals surface area contributed by atoms with E-state index in [1.54, 1.807) is 25.3 Å². The summed E-state index contributed by atoms with van der Waals surface area (Å²) in [6.45, 7) is 3.88. The van der Waals surface area contributed by atoms with Crippen molar-refractivity contribution in [1.29, 1.82) is 0 Å². The van der Waals surface area contributed by atoms with Crippen molar-refractivity contribution in [2.45, 2.75) is 55.4 Å². The van der Waals surface area contributed by atoms with E-state index in [-0.39, 0.29) is 4.90 Å². The van der Waals surface area contributed by atoms with Gasteiger partial charge in [0.1, 0.15) is 17.4 Å². The molecule has 2 aromatic carbocycles. The largest absolute Gasteiger partial charge is 0.497 e. The van der Waals surface area contributed by atoms with Gasteiger partial charge in [0.15, 0.2) is 4.90 Å². The number of aromatic nitrogens is 3. The lowest BCUT2D eigenvalue weighted by Crippen LogP contribution is -2.33. The van der Waals surface area contributed by atoms with E-state index in [1.807, 2.05) is 19.9 Å². The summed E-state index contributed by atoms with van der Waals surface area (Å²) in [4.78, 5) is 21.0. The molecule has 204 valence electrons. The number of ether oxygens (including phenoxy) is 1.